The maximum absolute atomic E-state index is 11.9. The van der Waals surface area contributed by atoms with E-state index >= 15 is 0 Å². The highest BCUT2D eigenvalue weighted by Crippen LogP contribution is 2.03. The third-order valence-corrected chi connectivity index (χ3v) is 2.93. The van der Waals surface area contributed by atoms with Crippen molar-refractivity contribution in [2.75, 3.05) is 6.54 Å². The number of aliphatic hydroxyl groups is 1. The van der Waals surface area contributed by atoms with Crippen molar-refractivity contribution in [2.24, 2.45) is 0 Å². The van der Waals surface area contributed by atoms with Crippen LogP contribution in [0.3, 0.4) is 0 Å². The SMILES string of the molecule is Cc1cccc(C(=O)NC[C@H](O)Cc2ccccc2)n1. The molecule has 1 aromatic heterocycles. The smallest absolute Gasteiger partial charge is 0.269 e. The molecule has 0 saturated heterocycles. The van der Waals surface area contributed by atoms with Gasteiger partial charge >= 0.3 is 0 Å². The van der Waals surface area contributed by atoms with Crippen molar-refractivity contribution in [3.05, 3.63) is 65.5 Å². The second-order valence-electron chi connectivity index (χ2n) is 4.72. The normalized spacial score (nSPS) is 11.9. The molecule has 0 bridgehead atoms. The van der Waals surface area contributed by atoms with Crippen LogP contribution in [0.2, 0.25) is 0 Å². The van der Waals surface area contributed by atoms with Gasteiger partial charge in [-0.3, -0.25) is 4.79 Å². The number of aliphatic hydroxyl groups excluding tert-OH is 1. The third-order valence-electron chi connectivity index (χ3n) is 2.93. The van der Waals surface area contributed by atoms with Crippen molar-refractivity contribution >= 4 is 5.91 Å². The van der Waals surface area contributed by atoms with Gasteiger partial charge < -0.3 is 10.4 Å². The van der Waals surface area contributed by atoms with Crippen LogP contribution in [0.5, 0.6) is 0 Å². The molecule has 0 fully saturated rings. The van der Waals surface area contributed by atoms with Gasteiger partial charge in [0.05, 0.1) is 6.10 Å². The summed E-state index contributed by atoms with van der Waals surface area (Å²) < 4.78 is 0. The van der Waals surface area contributed by atoms with E-state index in [-0.39, 0.29) is 12.5 Å². The summed E-state index contributed by atoms with van der Waals surface area (Å²) in [6.45, 7) is 2.05. The van der Waals surface area contributed by atoms with Gasteiger partial charge in [-0.15, -0.1) is 0 Å². The highest BCUT2D eigenvalue weighted by Gasteiger charge is 2.10. The zero-order valence-electron chi connectivity index (χ0n) is 11.4. The van der Waals surface area contributed by atoms with Crippen LogP contribution in [0.4, 0.5) is 0 Å². The van der Waals surface area contributed by atoms with Crippen LogP contribution in [0.1, 0.15) is 21.7 Å². The lowest BCUT2D eigenvalue weighted by Gasteiger charge is -2.12. The molecule has 1 atom stereocenters. The molecule has 0 aliphatic heterocycles. The number of nitrogens with one attached hydrogen (secondary N) is 1. The topological polar surface area (TPSA) is 62.2 Å². The Kier molecular flexibility index (Phi) is 4.85. The Morgan fingerprint density at radius 1 is 1.20 bits per heavy atom. The molecule has 2 N–H and O–H groups in total. The molecule has 2 rings (SSSR count). The quantitative estimate of drug-likeness (QED) is 0.869. The molecule has 0 aliphatic carbocycles. The van der Waals surface area contributed by atoms with Crippen molar-refractivity contribution < 1.29 is 9.90 Å². The Hall–Kier alpha value is -2.20. The minimum absolute atomic E-state index is 0.212. The van der Waals surface area contributed by atoms with Gasteiger partial charge in [-0.25, -0.2) is 4.98 Å². The summed E-state index contributed by atoms with van der Waals surface area (Å²) in [5.74, 6) is -0.263. The van der Waals surface area contributed by atoms with Gasteiger partial charge in [0, 0.05) is 18.7 Å². The molecule has 4 heteroatoms. The summed E-state index contributed by atoms with van der Waals surface area (Å²) in [4.78, 5) is 16.0. The summed E-state index contributed by atoms with van der Waals surface area (Å²) in [6, 6.07) is 15.0. The Morgan fingerprint density at radius 2 is 1.95 bits per heavy atom. The fourth-order valence-corrected chi connectivity index (χ4v) is 1.93. The summed E-state index contributed by atoms with van der Waals surface area (Å²) in [6.07, 6.45) is -0.0892. The van der Waals surface area contributed by atoms with Crippen LogP contribution in [0.25, 0.3) is 0 Å². The van der Waals surface area contributed by atoms with Gasteiger partial charge in [0.1, 0.15) is 5.69 Å². The van der Waals surface area contributed by atoms with Crippen molar-refractivity contribution in [3.8, 4) is 0 Å². The van der Waals surface area contributed by atoms with E-state index in [1.165, 1.54) is 0 Å². The molecule has 0 radical (unpaired) electrons. The predicted octanol–water partition coefficient (Wildman–Crippen LogP) is 1.72. The molecular weight excluding hydrogens is 252 g/mol. The largest absolute Gasteiger partial charge is 0.391 e. The number of hydrogen-bond donors (Lipinski definition) is 2. The molecule has 1 heterocycles. The molecule has 20 heavy (non-hydrogen) atoms. The van der Waals surface area contributed by atoms with Gasteiger partial charge in [-0.05, 0) is 24.6 Å². The van der Waals surface area contributed by atoms with Crippen molar-refractivity contribution in [1.82, 2.24) is 10.3 Å². The zero-order valence-corrected chi connectivity index (χ0v) is 11.4. The number of carbonyl (C=O) groups is 1. The van der Waals surface area contributed by atoms with Crippen LogP contribution in [-0.4, -0.2) is 28.6 Å². The number of benzene rings is 1. The lowest BCUT2D eigenvalue weighted by Crippen LogP contribution is -2.33. The molecule has 0 spiro atoms. The lowest BCUT2D eigenvalue weighted by molar-refractivity contribution is 0.0911. The molecule has 0 aliphatic rings. The Morgan fingerprint density at radius 3 is 2.65 bits per heavy atom. The van der Waals surface area contributed by atoms with E-state index in [9.17, 15) is 9.90 Å². The Labute approximate surface area is 118 Å². The fourth-order valence-electron chi connectivity index (χ4n) is 1.93. The zero-order chi connectivity index (χ0) is 14.4. The summed E-state index contributed by atoms with van der Waals surface area (Å²) in [5.41, 5.74) is 2.21. The van der Waals surface area contributed by atoms with Gasteiger partial charge in [0.15, 0.2) is 0 Å². The summed E-state index contributed by atoms with van der Waals surface area (Å²) in [5, 5.41) is 12.6. The second-order valence-corrected chi connectivity index (χ2v) is 4.72. The molecule has 2 aromatic rings. The molecule has 0 saturated carbocycles. The molecular formula is C16H18N2O2. The minimum Gasteiger partial charge on any atom is -0.391 e. The molecule has 1 amide bonds. The predicted molar refractivity (Wildman–Crippen MR) is 77.5 cm³/mol. The van der Waals surface area contributed by atoms with E-state index in [0.29, 0.717) is 12.1 Å². The first-order valence-corrected chi connectivity index (χ1v) is 6.59. The second kappa shape index (κ2) is 6.82. The number of nitrogens with zero attached hydrogens (tertiary/aromatic N) is 1. The first-order chi connectivity index (χ1) is 9.65. The maximum Gasteiger partial charge on any atom is 0.269 e. The molecule has 1 aromatic carbocycles. The van der Waals surface area contributed by atoms with Crippen LogP contribution < -0.4 is 5.32 Å². The van der Waals surface area contributed by atoms with E-state index in [1.807, 2.05) is 43.3 Å². The van der Waals surface area contributed by atoms with Gasteiger partial charge in [-0.2, -0.15) is 0 Å². The van der Waals surface area contributed by atoms with Crippen molar-refractivity contribution in [3.63, 3.8) is 0 Å². The number of aryl methyl sites for hydroxylation is 1. The number of carbonyl (C=O) groups excluding carboxylic acids is 1. The highest BCUT2D eigenvalue weighted by molar-refractivity contribution is 5.92. The summed E-state index contributed by atoms with van der Waals surface area (Å²) >= 11 is 0. The van der Waals surface area contributed by atoms with E-state index in [0.717, 1.165) is 11.3 Å². The maximum atomic E-state index is 11.9. The average Bonchev–Trinajstić information content (AvgIpc) is 2.46. The van der Waals surface area contributed by atoms with Gasteiger partial charge in [0.2, 0.25) is 0 Å². The van der Waals surface area contributed by atoms with Crippen molar-refractivity contribution in [2.45, 2.75) is 19.4 Å². The number of amides is 1. The van der Waals surface area contributed by atoms with Crippen LogP contribution in [-0.2, 0) is 6.42 Å². The molecule has 0 unspecified atom stereocenters. The van der Waals surface area contributed by atoms with Crippen LogP contribution >= 0.6 is 0 Å². The summed E-state index contributed by atoms with van der Waals surface area (Å²) in [7, 11) is 0. The number of rotatable bonds is 5. The third kappa shape index (κ3) is 4.17. The first-order valence-electron chi connectivity index (χ1n) is 6.59. The number of pyridine rings is 1. The average molecular weight is 270 g/mol. The highest BCUT2D eigenvalue weighted by atomic mass is 16.3. The minimum atomic E-state index is -0.605. The first kappa shape index (κ1) is 14.2. The number of hydrogen-bond acceptors (Lipinski definition) is 3. The van der Waals surface area contributed by atoms with E-state index in [4.69, 9.17) is 0 Å². The van der Waals surface area contributed by atoms with Crippen molar-refractivity contribution in [1.29, 1.82) is 0 Å². The van der Waals surface area contributed by atoms with Crippen LogP contribution in [0, 0.1) is 6.92 Å². The van der Waals surface area contributed by atoms with Crippen LogP contribution in [0.15, 0.2) is 48.5 Å². The lowest BCUT2D eigenvalue weighted by atomic mass is 10.1. The number of aromatic nitrogens is 1. The van der Waals surface area contributed by atoms with E-state index < -0.39 is 6.10 Å². The Bertz CT molecular complexity index is 570. The fraction of sp³-hybridized carbons (Fsp3) is 0.250. The monoisotopic (exact) mass is 270 g/mol. The standard InChI is InChI=1S/C16H18N2O2/c1-12-6-5-9-15(18-12)16(20)17-11-14(19)10-13-7-3-2-4-8-13/h2-9,14,19H,10-11H2,1H3,(H,17,20)/t14-/m1/s1. The van der Waals surface area contributed by atoms with E-state index in [1.54, 1.807) is 12.1 Å². The van der Waals surface area contributed by atoms with E-state index in [2.05, 4.69) is 10.3 Å². The Balaban J connectivity index is 1.84. The van der Waals surface area contributed by atoms with Gasteiger partial charge in [0.25, 0.3) is 5.91 Å². The van der Waals surface area contributed by atoms with Gasteiger partial charge in [-0.1, -0.05) is 36.4 Å². The molecule has 104 valence electrons. The molecule has 4 nitrogen and oxygen atoms in total.